The molecule has 98 valence electrons. The lowest BCUT2D eigenvalue weighted by Gasteiger charge is -2.16. The molecule has 0 atom stereocenters. The Balaban J connectivity index is 2.17. The summed E-state index contributed by atoms with van der Waals surface area (Å²) < 4.78 is 1.97. The molecular formula is C14H16N4O. The highest BCUT2D eigenvalue weighted by atomic mass is 16.1. The van der Waals surface area contributed by atoms with E-state index in [1.165, 1.54) is 12.1 Å². The van der Waals surface area contributed by atoms with Gasteiger partial charge in [-0.1, -0.05) is 0 Å². The van der Waals surface area contributed by atoms with Gasteiger partial charge in [-0.15, -0.1) is 0 Å². The summed E-state index contributed by atoms with van der Waals surface area (Å²) in [7, 11) is 0. The van der Waals surface area contributed by atoms with Crippen LogP contribution < -0.4 is 11.5 Å². The summed E-state index contributed by atoms with van der Waals surface area (Å²) in [6.45, 7) is 0. The van der Waals surface area contributed by atoms with Crippen LogP contribution in [0.15, 0.2) is 24.5 Å². The first-order valence-electron chi connectivity index (χ1n) is 6.41. The standard InChI is InChI=1S/C14H16N4O/c15-9-5-6-12(10(7-9)14(16)19)18-8-17-11-3-1-2-4-13(11)18/h5-8H,1-4,15H2,(H2,16,19). The molecule has 1 aliphatic carbocycles. The molecule has 5 heteroatoms. The summed E-state index contributed by atoms with van der Waals surface area (Å²) in [5.74, 6) is -0.472. The van der Waals surface area contributed by atoms with Crippen molar-refractivity contribution in [1.29, 1.82) is 0 Å². The van der Waals surface area contributed by atoms with Crippen LogP contribution in [0.4, 0.5) is 5.69 Å². The number of fused-ring (bicyclic) bond motifs is 1. The Hall–Kier alpha value is -2.30. The number of nitrogen functional groups attached to an aromatic ring is 1. The van der Waals surface area contributed by atoms with E-state index in [2.05, 4.69) is 4.98 Å². The van der Waals surface area contributed by atoms with Crippen LogP contribution in [0.1, 0.15) is 34.6 Å². The summed E-state index contributed by atoms with van der Waals surface area (Å²) in [6.07, 6.45) is 6.09. The van der Waals surface area contributed by atoms with Crippen LogP contribution in [0.2, 0.25) is 0 Å². The van der Waals surface area contributed by atoms with Gasteiger partial charge in [-0.25, -0.2) is 4.98 Å². The molecule has 0 saturated heterocycles. The fourth-order valence-corrected chi connectivity index (χ4v) is 2.64. The Morgan fingerprint density at radius 2 is 2.05 bits per heavy atom. The Morgan fingerprint density at radius 3 is 2.84 bits per heavy atom. The molecule has 0 unspecified atom stereocenters. The van der Waals surface area contributed by atoms with Crippen LogP contribution in [0.5, 0.6) is 0 Å². The minimum Gasteiger partial charge on any atom is -0.399 e. The third kappa shape index (κ3) is 1.97. The van der Waals surface area contributed by atoms with Gasteiger partial charge in [0, 0.05) is 11.4 Å². The fourth-order valence-electron chi connectivity index (χ4n) is 2.64. The number of amides is 1. The number of hydrogen-bond donors (Lipinski definition) is 2. The average Bonchev–Trinajstić information content (AvgIpc) is 2.82. The van der Waals surface area contributed by atoms with Gasteiger partial charge in [-0.3, -0.25) is 4.79 Å². The van der Waals surface area contributed by atoms with Crippen molar-refractivity contribution in [2.24, 2.45) is 5.73 Å². The van der Waals surface area contributed by atoms with Crippen molar-refractivity contribution >= 4 is 11.6 Å². The summed E-state index contributed by atoms with van der Waals surface area (Å²) in [5.41, 5.74) is 15.2. The van der Waals surface area contributed by atoms with Crippen molar-refractivity contribution in [3.8, 4) is 5.69 Å². The molecule has 0 fully saturated rings. The first-order chi connectivity index (χ1) is 9.16. The van der Waals surface area contributed by atoms with Crippen LogP contribution in [0, 0.1) is 0 Å². The number of aryl methyl sites for hydroxylation is 1. The summed E-state index contributed by atoms with van der Waals surface area (Å²) in [4.78, 5) is 16.0. The molecule has 2 aromatic rings. The minimum absolute atomic E-state index is 0.436. The van der Waals surface area contributed by atoms with Crippen LogP contribution in [0.3, 0.4) is 0 Å². The minimum atomic E-state index is -0.472. The van der Waals surface area contributed by atoms with Gasteiger partial charge in [0.25, 0.3) is 5.91 Å². The van der Waals surface area contributed by atoms with Crippen molar-refractivity contribution in [3.05, 3.63) is 41.5 Å². The van der Waals surface area contributed by atoms with Gasteiger partial charge in [0.15, 0.2) is 0 Å². The average molecular weight is 256 g/mol. The number of aromatic nitrogens is 2. The number of nitrogens with zero attached hydrogens (tertiary/aromatic N) is 2. The van der Waals surface area contributed by atoms with E-state index >= 15 is 0 Å². The molecular weight excluding hydrogens is 240 g/mol. The number of imidazole rings is 1. The van der Waals surface area contributed by atoms with Crippen LogP contribution in [-0.4, -0.2) is 15.5 Å². The van der Waals surface area contributed by atoms with E-state index in [1.807, 2.05) is 10.6 Å². The molecule has 5 nitrogen and oxygen atoms in total. The number of primary amides is 1. The molecule has 0 bridgehead atoms. The highest BCUT2D eigenvalue weighted by Crippen LogP contribution is 2.25. The number of hydrogen-bond acceptors (Lipinski definition) is 3. The van der Waals surface area contributed by atoms with Crippen LogP contribution in [0.25, 0.3) is 5.69 Å². The van der Waals surface area contributed by atoms with E-state index in [-0.39, 0.29) is 0 Å². The first-order valence-corrected chi connectivity index (χ1v) is 6.41. The number of benzene rings is 1. The topological polar surface area (TPSA) is 86.9 Å². The molecule has 1 aromatic carbocycles. The second-order valence-corrected chi connectivity index (χ2v) is 4.86. The highest BCUT2D eigenvalue weighted by molar-refractivity contribution is 5.97. The predicted molar refractivity (Wildman–Crippen MR) is 73.1 cm³/mol. The van der Waals surface area contributed by atoms with Crippen LogP contribution >= 0.6 is 0 Å². The maximum atomic E-state index is 11.6. The van der Waals surface area contributed by atoms with Crippen molar-refractivity contribution in [1.82, 2.24) is 9.55 Å². The predicted octanol–water partition coefficient (Wildman–Crippen LogP) is 1.43. The molecule has 1 heterocycles. The maximum Gasteiger partial charge on any atom is 0.250 e. The molecule has 0 aliphatic heterocycles. The molecule has 4 N–H and O–H groups in total. The lowest BCUT2D eigenvalue weighted by Crippen LogP contribution is -2.16. The van der Waals surface area contributed by atoms with Gasteiger partial charge in [0.05, 0.1) is 23.3 Å². The molecule has 1 aromatic heterocycles. The normalized spacial score (nSPS) is 14.1. The first kappa shape index (κ1) is 11.8. The number of anilines is 1. The van der Waals surface area contributed by atoms with Crippen molar-refractivity contribution < 1.29 is 4.79 Å². The smallest absolute Gasteiger partial charge is 0.250 e. The van der Waals surface area contributed by atoms with Crippen molar-refractivity contribution in [3.63, 3.8) is 0 Å². The third-order valence-corrected chi connectivity index (χ3v) is 3.58. The molecule has 1 amide bonds. The molecule has 3 rings (SSSR count). The van der Waals surface area contributed by atoms with Gasteiger partial charge in [0.1, 0.15) is 0 Å². The van der Waals surface area contributed by atoms with E-state index in [0.717, 1.165) is 30.6 Å². The second kappa shape index (κ2) is 4.42. The summed E-state index contributed by atoms with van der Waals surface area (Å²) in [6, 6.07) is 5.22. The summed E-state index contributed by atoms with van der Waals surface area (Å²) >= 11 is 0. The van der Waals surface area contributed by atoms with Gasteiger partial charge in [0.2, 0.25) is 0 Å². The molecule has 1 aliphatic rings. The van der Waals surface area contributed by atoms with Gasteiger partial charge < -0.3 is 16.0 Å². The quantitative estimate of drug-likeness (QED) is 0.797. The number of nitrogens with two attached hydrogens (primary N) is 2. The molecule has 0 spiro atoms. The lowest BCUT2D eigenvalue weighted by atomic mass is 10.0. The SMILES string of the molecule is NC(=O)c1cc(N)ccc1-n1cnc2c1CCCC2. The zero-order valence-electron chi connectivity index (χ0n) is 10.6. The van der Waals surface area contributed by atoms with Crippen LogP contribution in [-0.2, 0) is 12.8 Å². The highest BCUT2D eigenvalue weighted by Gasteiger charge is 2.19. The van der Waals surface area contributed by atoms with E-state index in [4.69, 9.17) is 11.5 Å². The number of carbonyl (C=O) groups is 1. The Labute approximate surface area is 111 Å². The molecule has 0 saturated carbocycles. The van der Waals surface area contributed by atoms with E-state index in [0.29, 0.717) is 11.3 Å². The lowest BCUT2D eigenvalue weighted by molar-refractivity contribution is 0.100. The zero-order valence-corrected chi connectivity index (χ0v) is 10.6. The molecule has 19 heavy (non-hydrogen) atoms. The Kier molecular flexibility index (Phi) is 2.74. The van der Waals surface area contributed by atoms with Gasteiger partial charge in [-0.05, 0) is 43.9 Å². The number of carbonyl (C=O) groups excluding carboxylic acids is 1. The van der Waals surface area contributed by atoms with Crippen molar-refractivity contribution in [2.45, 2.75) is 25.7 Å². The largest absolute Gasteiger partial charge is 0.399 e. The maximum absolute atomic E-state index is 11.6. The van der Waals surface area contributed by atoms with E-state index < -0.39 is 5.91 Å². The third-order valence-electron chi connectivity index (χ3n) is 3.58. The zero-order chi connectivity index (χ0) is 13.4. The monoisotopic (exact) mass is 256 g/mol. The Morgan fingerprint density at radius 1 is 1.26 bits per heavy atom. The van der Waals surface area contributed by atoms with Crippen molar-refractivity contribution in [2.75, 3.05) is 5.73 Å². The Bertz CT molecular complexity index is 645. The fraction of sp³-hybridized carbons (Fsp3) is 0.286. The van der Waals surface area contributed by atoms with Gasteiger partial charge in [-0.2, -0.15) is 0 Å². The van der Waals surface area contributed by atoms with E-state index in [9.17, 15) is 4.79 Å². The van der Waals surface area contributed by atoms with Gasteiger partial charge >= 0.3 is 0 Å². The molecule has 0 radical (unpaired) electrons. The second-order valence-electron chi connectivity index (χ2n) is 4.86. The number of rotatable bonds is 2. The summed E-state index contributed by atoms with van der Waals surface area (Å²) in [5, 5.41) is 0. The van der Waals surface area contributed by atoms with E-state index in [1.54, 1.807) is 18.5 Å².